The normalized spacial score (nSPS) is 13.7. The van der Waals surface area contributed by atoms with Gasteiger partial charge in [-0.3, -0.25) is 0 Å². The highest BCUT2D eigenvalue weighted by Crippen LogP contribution is 2.27. The lowest BCUT2D eigenvalue weighted by Gasteiger charge is -2.17. The maximum atomic E-state index is 11.5. The van der Waals surface area contributed by atoms with Crippen LogP contribution in [0.4, 0.5) is 0 Å². The second kappa shape index (κ2) is 7.26. The van der Waals surface area contributed by atoms with Crippen molar-refractivity contribution in [3.63, 3.8) is 0 Å². The number of hydrogen-bond acceptors (Lipinski definition) is 4. The van der Waals surface area contributed by atoms with E-state index in [1.54, 1.807) is 18.3 Å². The second-order valence-corrected chi connectivity index (χ2v) is 7.88. The summed E-state index contributed by atoms with van der Waals surface area (Å²) in [4.78, 5) is 1.34. The molecule has 1 heterocycles. The van der Waals surface area contributed by atoms with Crippen molar-refractivity contribution in [3.8, 4) is 0 Å². The molecular weight excluding hydrogens is 266 g/mol. The zero-order valence-electron chi connectivity index (χ0n) is 11.4. The summed E-state index contributed by atoms with van der Waals surface area (Å²) in [6, 6.07) is 2.41. The van der Waals surface area contributed by atoms with Gasteiger partial charge >= 0.3 is 0 Å². The minimum atomic E-state index is -2.83. The van der Waals surface area contributed by atoms with Gasteiger partial charge in [0.15, 0.2) is 0 Å². The Labute approximate surface area is 115 Å². The number of sulfone groups is 1. The molecule has 0 saturated carbocycles. The van der Waals surface area contributed by atoms with E-state index >= 15 is 0 Å². The van der Waals surface area contributed by atoms with Crippen LogP contribution in [-0.2, 0) is 9.84 Å². The van der Waals surface area contributed by atoms with Crippen LogP contribution in [0.1, 0.15) is 43.2 Å². The molecule has 1 atom stereocenters. The summed E-state index contributed by atoms with van der Waals surface area (Å²) >= 11 is 1.75. The largest absolute Gasteiger partial charge is 0.310 e. The highest BCUT2D eigenvalue weighted by molar-refractivity contribution is 7.91. The van der Waals surface area contributed by atoms with E-state index in [0.717, 1.165) is 19.4 Å². The van der Waals surface area contributed by atoms with Crippen LogP contribution in [0, 0.1) is 6.92 Å². The first kappa shape index (κ1) is 15.7. The molecule has 1 rings (SSSR count). The average Bonchev–Trinajstić information content (AvgIpc) is 2.74. The first-order valence-corrected chi connectivity index (χ1v) is 9.18. The SMILES string of the molecule is CCNC(CCCS(=O)(=O)CC)c1sccc1C. The monoisotopic (exact) mass is 289 g/mol. The highest BCUT2D eigenvalue weighted by Gasteiger charge is 2.15. The summed E-state index contributed by atoms with van der Waals surface area (Å²) in [5, 5.41) is 5.54. The summed E-state index contributed by atoms with van der Waals surface area (Å²) in [5.74, 6) is 0.548. The van der Waals surface area contributed by atoms with Gasteiger partial charge in [0.1, 0.15) is 9.84 Å². The van der Waals surface area contributed by atoms with E-state index in [0.29, 0.717) is 11.8 Å². The number of hydrogen-bond donors (Lipinski definition) is 1. The van der Waals surface area contributed by atoms with Gasteiger partial charge in [-0.1, -0.05) is 13.8 Å². The number of rotatable bonds is 8. The van der Waals surface area contributed by atoms with Gasteiger partial charge in [-0.05, 0) is 43.3 Å². The molecule has 0 aliphatic carbocycles. The Morgan fingerprint density at radius 1 is 1.39 bits per heavy atom. The van der Waals surface area contributed by atoms with E-state index in [2.05, 4.69) is 30.6 Å². The van der Waals surface area contributed by atoms with E-state index < -0.39 is 9.84 Å². The molecule has 1 unspecified atom stereocenters. The average molecular weight is 289 g/mol. The van der Waals surface area contributed by atoms with E-state index in [9.17, 15) is 8.42 Å². The van der Waals surface area contributed by atoms with Gasteiger partial charge in [0.25, 0.3) is 0 Å². The third-order valence-corrected chi connectivity index (χ3v) is 5.98. The molecule has 3 nitrogen and oxygen atoms in total. The molecule has 1 aromatic heterocycles. The van der Waals surface area contributed by atoms with Crippen molar-refractivity contribution in [1.82, 2.24) is 5.32 Å². The molecule has 5 heteroatoms. The Morgan fingerprint density at radius 3 is 2.61 bits per heavy atom. The maximum absolute atomic E-state index is 11.5. The molecule has 1 aromatic rings. The molecule has 0 spiro atoms. The summed E-state index contributed by atoms with van der Waals surface area (Å²) in [6.07, 6.45) is 1.61. The van der Waals surface area contributed by atoms with Gasteiger partial charge < -0.3 is 5.32 Å². The molecule has 1 N–H and O–H groups in total. The first-order valence-electron chi connectivity index (χ1n) is 6.48. The van der Waals surface area contributed by atoms with E-state index in [-0.39, 0.29) is 5.75 Å². The Balaban J connectivity index is 2.57. The second-order valence-electron chi connectivity index (χ2n) is 4.46. The fourth-order valence-electron chi connectivity index (χ4n) is 1.97. The Kier molecular flexibility index (Phi) is 6.32. The molecule has 0 aromatic carbocycles. The Hall–Kier alpha value is -0.390. The molecule has 0 amide bonds. The van der Waals surface area contributed by atoms with Crippen LogP contribution in [-0.4, -0.2) is 26.5 Å². The molecule has 0 radical (unpaired) electrons. The summed E-state index contributed by atoms with van der Waals surface area (Å²) in [7, 11) is -2.83. The number of thiophene rings is 1. The number of nitrogens with one attached hydrogen (secondary N) is 1. The molecule has 0 bridgehead atoms. The predicted octanol–water partition coefficient (Wildman–Crippen LogP) is 2.92. The first-order chi connectivity index (χ1) is 8.50. The quantitative estimate of drug-likeness (QED) is 0.800. The maximum Gasteiger partial charge on any atom is 0.150 e. The van der Waals surface area contributed by atoms with E-state index in [1.165, 1.54) is 10.4 Å². The molecule has 0 fully saturated rings. The molecule has 0 aliphatic heterocycles. The third kappa shape index (κ3) is 4.71. The van der Waals surface area contributed by atoms with Crippen LogP contribution < -0.4 is 5.32 Å². The third-order valence-electron chi connectivity index (χ3n) is 3.06. The lowest BCUT2D eigenvalue weighted by atomic mass is 10.1. The number of aryl methyl sites for hydroxylation is 1. The van der Waals surface area contributed by atoms with Gasteiger partial charge in [-0.15, -0.1) is 11.3 Å². The molecule has 104 valence electrons. The zero-order valence-corrected chi connectivity index (χ0v) is 13.0. The zero-order chi connectivity index (χ0) is 13.6. The van der Waals surface area contributed by atoms with Crippen molar-refractivity contribution < 1.29 is 8.42 Å². The van der Waals surface area contributed by atoms with Crippen molar-refractivity contribution in [2.45, 2.75) is 39.7 Å². The van der Waals surface area contributed by atoms with Gasteiger partial charge in [0.05, 0.1) is 5.75 Å². The van der Waals surface area contributed by atoms with Crippen molar-refractivity contribution in [1.29, 1.82) is 0 Å². The summed E-state index contributed by atoms with van der Waals surface area (Å²) in [6.45, 7) is 6.81. The Morgan fingerprint density at radius 2 is 2.11 bits per heavy atom. The van der Waals surface area contributed by atoms with Gasteiger partial charge in [-0.25, -0.2) is 8.42 Å². The van der Waals surface area contributed by atoms with Crippen molar-refractivity contribution >= 4 is 21.2 Å². The van der Waals surface area contributed by atoms with Crippen LogP contribution in [0.25, 0.3) is 0 Å². The minimum absolute atomic E-state index is 0.247. The van der Waals surface area contributed by atoms with Crippen molar-refractivity contribution in [2.24, 2.45) is 0 Å². The Bertz CT molecular complexity index is 451. The standard InChI is InChI=1S/C13H23NO2S2/c1-4-14-12(13-11(3)8-9-17-13)7-6-10-18(15,16)5-2/h8-9,12,14H,4-7,10H2,1-3H3. The fraction of sp³-hybridized carbons (Fsp3) is 0.692. The highest BCUT2D eigenvalue weighted by atomic mass is 32.2. The predicted molar refractivity (Wildman–Crippen MR) is 79.0 cm³/mol. The van der Waals surface area contributed by atoms with Crippen LogP contribution in [0.5, 0.6) is 0 Å². The van der Waals surface area contributed by atoms with Gasteiger partial charge in [-0.2, -0.15) is 0 Å². The summed E-state index contributed by atoms with van der Waals surface area (Å²) < 4.78 is 22.9. The molecule has 0 saturated heterocycles. The van der Waals surface area contributed by atoms with Crippen LogP contribution in [0.2, 0.25) is 0 Å². The molecular formula is C13H23NO2S2. The van der Waals surface area contributed by atoms with Gasteiger partial charge in [0.2, 0.25) is 0 Å². The van der Waals surface area contributed by atoms with E-state index in [1.807, 2.05) is 0 Å². The minimum Gasteiger partial charge on any atom is -0.310 e. The van der Waals surface area contributed by atoms with Crippen molar-refractivity contribution in [2.75, 3.05) is 18.1 Å². The smallest absolute Gasteiger partial charge is 0.150 e. The van der Waals surface area contributed by atoms with Crippen LogP contribution >= 0.6 is 11.3 Å². The van der Waals surface area contributed by atoms with Crippen molar-refractivity contribution in [3.05, 3.63) is 21.9 Å². The van der Waals surface area contributed by atoms with Gasteiger partial charge in [0, 0.05) is 16.7 Å². The summed E-state index contributed by atoms with van der Waals surface area (Å²) in [5.41, 5.74) is 1.30. The topological polar surface area (TPSA) is 46.2 Å². The molecule has 0 aliphatic rings. The van der Waals surface area contributed by atoms with Crippen LogP contribution in [0.15, 0.2) is 11.4 Å². The van der Waals surface area contributed by atoms with E-state index in [4.69, 9.17) is 0 Å². The lowest BCUT2D eigenvalue weighted by Crippen LogP contribution is -2.21. The molecule has 18 heavy (non-hydrogen) atoms. The lowest BCUT2D eigenvalue weighted by molar-refractivity contribution is 0.512. The fourth-order valence-corrected chi connectivity index (χ4v) is 3.90. The van der Waals surface area contributed by atoms with Crippen LogP contribution in [0.3, 0.4) is 0 Å².